The van der Waals surface area contributed by atoms with Crippen molar-refractivity contribution < 1.29 is 22.7 Å². The standard InChI is InChI=1S/C29H35N3O5S/c1-5-20(2)30-29(34)21(3)31(19-22-14-16-24(37-4)17-15-22)27(33)13-8-18-32-25-11-6-9-23-10-7-12-26(28(23)25)38(32,35)36/h6-7,9-12,14-17,20-21H,5,8,13,18-19H2,1-4H3,(H,30,34)/t20-,21-/m0/s1. The van der Waals surface area contributed by atoms with Crippen LogP contribution < -0.4 is 14.4 Å². The zero-order valence-electron chi connectivity index (χ0n) is 22.3. The Morgan fingerprint density at radius 1 is 1.03 bits per heavy atom. The van der Waals surface area contributed by atoms with Crippen LogP contribution in [0.25, 0.3) is 10.8 Å². The van der Waals surface area contributed by atoms with E-state index in [9.17, 15) is 18.0 Å². The first-order valence-electron chi connectivity index (χ1n) is 12.9. The van der Waals surface area contributed by atoms with E-state index in [4.69, 9.17) is 4.74 Å². The first-order chi connectivity index (χ1) is 18.2. The van der Waals surface area contributed by atoms with Gasteiger partial charge in [-0.15, -0.1) is 0 Å². The molecule has 0 fully saturated rings. The lowest BCUT2D eigenvalue weighted by Gasteiger charge is -2.30. The summed E-state index contributed by atoms with van der Waals surface area (Å²) in [4.78, 5) is 28.3. The Hall–Kier alpha value is -3.59. The first kappa shape index (κ1) is 27.4. The first-order valence-corrected chi connectivity index (χ1v) is 14.4. The van der Waals surface area contributed by atoms with Crippen LogP contribution in [0, 0.1) is 0 Å². The van der Waals surface area contributed by atoms with Crippen molar-refractivity contribution in [2.24, 2.45) is 0 Å². The molecule has 0 spiro atoms. The molecule has 0 aliphatic carbocycles. The summed E-state index contributed by atoms with van der Waals surface area (Å²) in [6, 6.07) is 17.5. The van der Waals surface area contributed by atoms with Gasteiger partial charge in [0, 0.05) is 30.9 Å². The van der Waals surface area contributed by atoms with E-state index >= 15 is 0 Å². The third kappa shape index (κ3) is 5.48. The van der Waals surface area contributed by atoms with Gasteiger partial charge >= 0.3 is 0 Å². The zero-order chi connectivity index (χ0) is 27.4. The fraction of sp³-hybridized carbons (Fsp3) is 0.379. The Morgan fingerprint density at radius 2 is 1.71 bits per heavy atom. The lowest BCUT2D eigenvalue weighted by atomic mass is 10.1. The van der Waals surface area contributed by atoms with E-state index in [1.165, 1.54) is 4.31 Å². The van der Waals surface area contributed by atoms with Gasteiger partial charge in [-0.3, -0.25) is 13.9 Å². The molecular formula is C29H35N3O5S. The fourth-order valence-corrected chi connectivity index (χ4v) is 6.44. The van der Waals surface area contributed by atoms with Crippen molar-refractivity contribution in [2.45, 2.75) is 63.6 Å². The molecule has 0 aromatic heterocycles. The minimum absolute atomic E-state index is 0.00685. The predicted octanol–water partition coefficient (Wildman–Crippen LogP) is 4.47. The number of benzene rings is 3. The fourth-order valence-electron chi connectivity index (χ4n) is 4.69. The largest absolute Gasteiger partial charge is 0.497 e. The molecule has 8 nitrogen and oxygen atoms in total. The van der Waals surface area contributed by atoms with Crippen LogP contribution in [-0.2, 0) is 26.2 Å². The zero-order valence-corrected chi connectivity index (χ0v) is 23.1. The molecule has 2 amide bonds. The Labute approximate surface area is 224 Å². The Balaban J connectivity index is 1.49. The van der Waals surface area contributed by atoms with Crippen molar-refractivity contribution in [1.29, 1.82) is 0 Å². The number of nitrogens with one attached hydrogen (secondary N) is 1. The second kappa shape index (κ2) is 11.4. The van der Waals surface area contributed by atoms with Crippen LogP contribution in [0.3, 0.4) is 0 Å². The van der Waals surface area contributed by atoms with Crippen LogP contribution in [0.5, 0.6) is 5.75 Å². The number of anilines is 1. The number of hydrogen-bond acceptors (Lipinski definition) is 5. The van der Waals surface area contributed by atoms with Crippen molar-refractivity contribution in [2.75, 3.05) is 18.0 Å². The number of carbonyl (C=O) groups is 2. The number of methoxy groups -OCH3 is 1. The van der Waals surface area contributed by atoms with Gasteiger partial charge in [0.1, 0.15) is 11.8 Å². The second-order valence-electron chi connectivity index (χ2n) is 9.68. The molecule has 3 aromatic rings. The van der Waals surface area contributed by atoms with Gasteiger partial charge in [-0.2, -0.15) is 0 Å². The maximum Gasteiger partial charge on any atom is 0.265 e. The van der Waals surface area contributed by atoms with Gasteiger partial charge in [0.15, 0.2) is 0 Å². The lowest BCUT2D eigenvalue weighted by molar-refractivity contribution is -0.140. The number of ether oxygens (including phenoxy) is 1. The number of carbonyl (C=O) groups excluding carboxylic acids is 2. The van der Waals surface area contributed by atoms with Crippen LogP contribution in [0.4, 0.5) is 5.69 Å². The van der Waals surface area contributed by atoms with Crippen LogP contribution in [0.1, 0.15) is 45.6 Å². The third-order valence-corrected chi connectivity index (χ3v) is 8.97. The summed E-state index contributed by atoms with van der Waals surface area (Å²) in [5.74, 6) is 0.280. The molecule has 0 unspecified atom stereocenters. The highest BCUT2D eigenvalue weighted by molar-refractivity contribution is 7.93. The topological polar surface area (TPSA) is 96.0 Å². The van der Waals surface area contributed by atoms with E-state index in [2.05, 4.69) is 5.32 Å². The average Bonchev–Trinajstić information content (AvgIpc) is 3.14. The van der Waals surface area contributed by atoms with Crippen molar-refractivity contribution >= 4 is 38.3 Å². The summed E-state index contributed by atoms with van der Waals surface area (Å²) in [7, 11) is -2.10. The Kier molecular flexibility index (Phi) is 8.26. The van der Waals surface area contributed by atoms with Gasteiger partial charge in [-0.25, -0.2) is 8.42 Å². The molecule has 4 rings (SSSR count). The highest BCUT2D eigenvalue weighted by Crippen LogP contribution is 2.42. The van der Waals surface area contributed by atoms with E-state index in [1.54, 1.807) is 37.1 Å². The summed E-state index contributed by atoms with van der Waals surface area (Å²) >= 11 is 0. The van der Waals surface area contributed by atoms with Crippen LogP contribution in [-0.4, -0.2) is 50.9 Å². The van der Waals surface area contributed by atoms with E-state index < -0.39 is 16.1 Å². The van der Waals surface area contributed by atoms with E-state index in [-0.39, 0.29) is 37.4 Å². The maximum absolute atomic E-state index is 13.5. The van der Waals surface area contributed by atoms with E-state index in [1.807, 2.05) is 56.3 Å². The van der Waals surface area contributed by atoms with Crippen molar-refractivity contribution in [1.82, 2.24) is 10.2 Å². The number of hydrogen-bond donors (Lipinski definition) is 1. The smallest absolute Gasteiger partial charge is 0.265 e. The van der Waals surface area contributed by atoms with Gasteiger partial charge in [0.25, 0.3) is 10.0 Å². The monoisotopic (exact) mass is 537 g/mol. The van der Waals surface area contributed by atoms with Crippen LogP contribution in [0.15, 0.2) is 65.6 Å². The summed E-state index contributed by atoms with van der Waals surface area (Å²) in [5.41, 5.74) is 1.51. The Morgan fingerprint density at radius 3 is 2.37 bits per heavy atom. The SMILES string of the molecule is CC[C@H](C)NC(=O)[C@H](C)N(Cc1ccc(OC)cc1)C(=O)CCCN1c2cccc3cccc(c23)S1(=O)=O. The summed E-state index contributed by atoms with van der Waals surface area (Å²) in [6.45, 7) is 6.06. The normalized spacial score (nSPS) is 15.2. The summed E-state index contributed by atoms with van der Waals surface area (Å²) in [6.07, 6.45) is 1.21. The molecule has 202 valence electrons. The van der Waals surface area contributed by atoms with Gasteiger partial charge < -0.3 is 15.0 Å². The molecule has 0 bridgehead atoms. The van der Waals surface area contributed by atoms with E-state index in [0.717, 1.165) is 22.8 Å². The number of amides is 2. The minimum atomic E-state index is -3.69. The van der Waals surface area contributed by atoms with Gasteiger partial charge in [0.2, 0.25) is 11.8 Å². The summed E-state index contributed by atoms with van der Waals surface area (Å²) in [5, 5.41) is 4.55. The molecule has 1 N–H and O–H groups in total. The van der Waals surface area contributed by atoms with Crippen LogP contribution >= 0.6 is 0 Å². The summed E-state index contributed by atoms with van der Waals surface area (Å²) < 4.78 is 33.1. The average molecular weight is 538 g/mol. The molecule has 0 saturated carbocycles. The van der Waals surface area contributed by atoms with Crippen molar-refractivity contribution in [3.63, 3.8) is 0 Å². The van der Waals surface area contributed by atoms with Crippen molar-refractivity contribution in [3.05, 3.63) is 66.2 Å². The quantitative estimate of drug-likeness (QED) is 0.389. The molecule has 9 heteroatoms. The predicted molar refractivity (Wildman–Crippen MR) is 149 cm³/mol. The molecule has 3 aromatic carbocycles. The maximum atomic E-state index is 13.5. The van der Waals surface area contributed by atoms with E-state index in [0.29, 0.717) is 22.8 Å². The number of sulfonamides is 1. The molecule has 1 aliphatic heterocycles. The lowest BCUT2D eigenvalue weighted by Crippen LogP contribution is -2.49. The molecule has 0 radical (unpaired) electrons. The minimum Gasteiger partial charge on any atom is -0.497 e. The molecule has 0 saturated heterocycles. The number of rotatable bonds is 11. The Bertz CT molecular complexity index is 1420. The van der Waals surface area contributed by atoms with Gasteiger partial charge in [-0.1, -0.05) is 43.3 Å². The molecular weight excluding hydrogens is 502 g/mol. The molecule has 38 heavy (non-hydrogen) atoms. The highest BCUT2D eigenvalue weighted by atomic mass is 32.2. The molecule has 2 atom stereocenters. The number of nitrogens with zero attached hydrogens (tertiary/aromatic N) is 2. The van der Waals surface area contributed by atoms with Gasteiger partial charge in [0.05, 0.1) is 17.7 Å². The van der Waals surface area contributed by atoms with Crippen molar-refractivity contribution in [3.8, 4) is 5.75 Å². The highest BCUT2D eigenvalue weighted by Gasteiger charge is 2.35. The van der Waals surface area contributed by atoms with Crippen LogP contribution in [0.2, 0.25) is 0 Å². The molecule has 1 heterocycles. The third-order valence-electron chi connectivity index (χ3n) is 7.11. The van der Waals surface area contributed by atoms with Gasteiger partial charge in [-0.05, 0) is 61.9 Å². The second-order valence-corrected chi connectivity index (χ2v) is 11.5. The molecule has 1 aliphatic rings.